The summed E-state index contributed by atoms with van der Waals surface area (Å²) in [4.78, 5) is 4.08. The van der Waals surface area contributed by atoms with E-state index in [0.717, 1.165) is 17.2 Å². The third kappa shape index (κ3) is 3.07. The first-order valence-corrected chi connectivity index (χ1v) is 6.51. The Morgan fingerprint density at radius 3 is 2.26 bits per heavy atom. The summed E-state index contributed by atoms with van der Waals surface area (Å²) in [5.41, 5.74) is -0.462. The Hall–Kier alpha value is -1.56. The standard InChI is InChI=1S/C13H9F4NS/c1-19-12-5-3-9(7-18-12)8-2-4-11(14)10(6-8)13(15,16)17/h2-7H,1H3. The van der Waals surface area contributed by atoms with Gasteiger partial charge in [0.05, 0.1) is 10.6 Å². The number of hydrogen-bond donors (Lipinski definition) is 0. The Balaban J connectivity index is 2.45. The van der Waals surface area contributed by atoms with E-state index in [-0.39, 0.29) is 5.56 Å². The van der Waals surface area contributed by atoms with Gasteiger partial charge in [0, 0.05) is 11.8 Å². The largest absolute Gasteiger partial charge is 0.419 e. The fourth-order valence-corrected chi connectivity index (χ4v) is 1.96. The number of alkyl halides is 3. The van der Waals surface area contributed by atoms with Gasteiger partial charge in [-0.2, -0.15) is 13.2 Å². The van der Waals surface area contributed by atoms with Crippen molar-refractivity contribution >= 4 is 11.8 Å². The topological polar surface area (TPSA) is 12.9 Å². The molecule has 100 valence electrons. The first kappa shape index (κ1) is 13.9. The van der Waals surface area contributed by atoms with Crippen LogP contribution in [0.3, 0.4) is 0 Å². The SMILES string of the molecule is CSc1ccc(-c2ccc(F)c(C(F)(F)F)c2)cn1. The molecule has 2 rings (SSSR count). The molecule has 0 aliphatic rings. The molecule has 0 saturated heterocycles. The van der Waals surface area contributed by atoms with Crippen molar-refractivity contribution in [2.24, 2.45) is 0 Å². The lowest BCUT2D eigenvalue weighted by molar-refractivity contribution is -0.139. The molecule has 1 aromatic carbocycles. The van der Waals surface area contributed by atoms with Crippen LogP contribution in [0.1, 0.15) is 5.56 Å². The van der Waals surface area contributed by atoms with Crippen molar-refractivity contribution in [1.82, 2.24) is 4.98 Å². The molecule has 0 unspecified atom stereocenters. The maximum Gasteiger partial charge on any atom is 0.419 e. The number of thioether (sulfide) groups is 1. The Labute approximate surface area is 111 Å². The van der Waals surface area contributed by atoms with Gasteiger partial charge in [-0.3, -0.25) is 0 Å². The van der Waals surface area contributed by atoms with Gasteiger partial charge in [0.2, 0.25) is 0 Å². The van der Waals surface area contributed by atoms with Crippen LogP contribution in [0.5, 0.6) is 0 Å². The van der Waals surface area contributed by atoms with Crippen LogP contribution in [0.15, 0.2) is 41.6 Å². The molecule has 0 radical (unpaired) electrons. The molecular weight excluding hydrogens is 278 g/mol. The Kier molecular flexibility index (Phi) is 3.80. The summed E-state index contributed by atoms with van der Waals surface area (Å²) in [7, 11) is 0. The summed E-state index contributed by atoms with van der Waals surface area (Å²) < 4.78 is 51.0. The Morgan fingerprint density at radius 1 is 1.05 bits per heavy atom. The minimum Gasteiger partial charge on any atom is -0.249 e. The highest BCUT2D eigenvalue weighted by molar-refractivity contribution is 7.98. The molecule has 19 heavy (non-hydrogen) atoms. The Bertz CT molecular complexity index is 578. The summed E-state index contributed by atoms with van der Waals surface area (Å²) in [6, 6.07) is 6.29. The zero-order chi connectivity index (χ0) is 14.0. The molecule has 6 heteroatoms. The fraction of sp³-hybridized carbons (Fsp3) is 0.154. The number of benzene rings is 1. The van der Waals surface area contributed by atoms with Gasteiger partial charge in [0.25, 0.3) is 0 Å². The maximum absolute atomic E-state index is 13.2. The minimum atomic E-state index is -4.70. The van der Waals surface area contributed by atoms with Gasteiger partial charge >= 0.3 is 6.18 Å². The van der Waals surface area contributed by atoms with Gasteiger partial charge in [0.15, 0.2) is 0 Å². The van der Waals surface area contributed by atoms with Crippen molar-refractivity contribution in [3.05, 3.63) is 47.9 Å². The molecule has 1 nitrogen and oxygen atoms in total. The molecule has 0 fully saturated rings. The second-order valence-corrected chi connectivity index (χ2v) is 4.61. The summed E-state index contributed by atoms with van der Waals surface area (Å²) in [5, 5.41) is 0.766. The van der Waals surface area contributed by atoms with Crippen molar-refractivity contribution < 1.29 is 17.6 Å². The lowest BCUT2D eigenvalue weighted by Gasteiger charge is -2.10. The summed E-state index contributed by atoms with van der Waals surface area (Å²) in [6.07, 6.45) is -1.38. The first-order valence-electron chi connectivity index (χ1n) is 5.29. The summed E-state index contributed by atoms with van der Waals surface area (Å²) >= 11 is 1.43. The van der Waals surface area contributed by atoms with Crippen LogP contribution in [-0.2, 0) is 6.18 Å². The minimum absolute atomic E-state index is 0.286. The average Bonchev–Trinajstić information content (AvgIpc) is 2.38. The second-order valence-electron chi connectivity index (χ2n) is 3.78. The lowest BCUT2D eigenvalue weighted by atomic mass is 10.0. The second kappa shape index (κ2) is 5.21. The predicted molar refractivity (Wildman–Crippen MR) is 66.4 cm³/mol. The van der Waals surface area contributed by atoms with Crippen LogP contribution in [0.2, 0.25) is 0 Å². The van der Waals surface area contributed by atoms with E-state index in [1.54, 1.807) is 12.1 Å². The van der Waals surface area contributed by atoms with E-state index in [0.29, 0.717) is 5.56 Å². The molecular formula is C13H9F4NS. The number of rotatable bonds is 2. The zero-order valence-corrected chi connectivity index (χ0v) is 10.6. The molecule has 0 aliphatic carbocycles. The van der Waals surface area contributed by atoms with Crippen molar-refractivity contribution in [2.45, 2.75) is 11.2 Å². The van der Waals surface area contributed by atoms with Gasteiger partial charge in [0.1, 0.15) is 5.82 Å². The average molecular weight is 287 g/mol. The summed E-state index contributed by atoms with van der Waals surface area (Å²) in [6.45, 7) is 0. The van der Waals surface area contributed by atoms with Gasteiger partial charge < -0.3 is 0 Å². The number of halogens is 4. The molecule has 2 aromatic rings. The molecule has 0 bridgehead atoms. The van der Waals surface area contributed by atoms with Gasteiger partial charge in [-0.05, 0) is 30.0 Å². The highest BCUT2D eigenvalue weighted by atomic mass is 32.2. The van der Waals surface area contributed by atoms with Crippen LogP contribution < -0.4 is 0 Å². The fourth-order valence-electron chi connectivity index (χ4n) is 1.59. The van der Waals surface area contributed by atoms with Crippen LogP contribution >= 0.6 is 11.8 Å². The molecule has 0 amide bonds. The van der Waals surface area contributed by atoms with Crippen LogP contribution in [-0.4, -0.2) is 11.2 Å². The lowest BCUT2D eigenvalue weighted by Crippen LogP contribution is -2.08. The highest BCUT2D eigenvalue weighted by Gasteiger charge is 2.34. The molecule has 0 atom stereocenters. The number of nitrogens with zero attached hydrogens (tertiary/aromatic N) is 1. The molecule has 0 saturated carbocycles. The molecule has 1 heterocycles. The normalized spacial score (nSPS) is 11.6. The van der Waals surface area contributed by atoms with E-state index in [2.05, 4.69) is 4.98 Å². The van der Waals surface area contributed by atoms with E-state index >= 15 is 0 Å². The molecule has 1 aromatic heterocycles. The van der Waals surface area contributed by atoms with Crippen molar-refractivity contribution in [3.63, 3.8) is 0 Å². The van der Waals surface area contributed by atoms with E-state index in [1.165, 1.54) is 24.0 Å². The molecule has 0 spiro atoms. The molecule has 0 N–H and O–H groups in total. The number of pyridine rings is 1. The van der Waals surface area contributed by atoms with Crippen LogP contribution in [0, 0.1) is 5.82 Å². The van der Waals surface area contributed by atoms with Gasteiger partial charge in [-0.25, -0.2) is 9.37 Å². The number of aromatic nitrogens is 1. The first-order chi connectivity index (χ1) is 8.91. The van der Waals surface area contributed by atoms with Crippen molar-refractivity contribution in [3.8, 4) is 11.1 Å². The van der Waals surface area contributed by atoms with Crippen molar-refractivity contribution in [1.29, 1.82) is 0 Å². The zero-order valence-electron chi connectivity index (χ0n) is 9.83. The quantitative estimate of drug-likeness (QED) is 0.590. The summed E-state index contributed by atoms with van der Waals surface area (Å²) in [5.74, 6) is -1.27. The van der Waals surface area contributed by atoms with E-state index < -0.39 is 17.6 Å². The van der Waals surface area contributed by atoms with Crippen LogP contribution in [0.25, 0.3) is 11.1 Å². The predicted octanol–water partition coefficient (Wildman–Crippen LogP) is 4.63. The van der Waals surface area contributed by atoms with E-state index in [1.807, 2.05) is 6.26 Å². The van der Waals surface area contributed by atoms with E-state index in [9.17, 15) is 17.6 Å². The maximum atomic E-state index is 13.2. The smallest absolute Gasteiger partial charge is 0.249 e. The van der Waals surface area contributed by atoms with E-state index in [4.69, 9.17) is 0 Å². The third-order valence-corrected chi connectivity index (χ3v) is 3.21. The van der Waals surface area contributed by atoms with Gasteiger partial charge in [-0.15, -0.1) is 11.8 Å². The van der Waals surface area contributed by atoms with Gasteiger partial charge in [-0.1, -0.05) is 12.1 Å². The van der Waals surface area contributed by atoms with Crippen molar-refractivity contribution in [2.75, 3.05) is 6.26 Å². The monoisotopic (exact) mass is 287 g/mol. The van der Waals surface area contributed by atoms with Crippen LogP contribution in [0.4, 0.5) is 17.6 Å². The molecule has 0 aliphatic heterocycles. The Morgan fingerprint density at radius 2 is 1.74 bits per heavy atom. The highest BCUT2D eigenvalue weighted by Crippen LogP contribution is 2.34. The third-order valence-electron chi connectivity index (χ3n) is 2.55. The number of hydrogen-bond acceptors (Lipinski definition) is 2.